The van der Waals surface area contributed by atoms with E-state index >= 15 is 0 Å². The molecule has 0 saturated carbocycles. The lowest BCUT2D eigenvalue weighted by Crippen LogP contribution is -2.49. The first-order valence-corrected chi connectivity index (χ1v) is 7.13. The molecule has 1 amide bonds. The zero-order valence-electron chi connectivity index (χ0n) is 12.1. The predicted octanol–water partition coefficient (Wildman–Crippen LogP) is 1.58. The summed E-state index contributed by atoms with van der Waals surface area (Å²) in [4.78, 5) is 24.4. The third kappa shape index (κ3) is 3.97. The Morgan fingerprint density at radius 1 is 1.32 bits per heavy atom. The summed E-state index contributed by atoms with van der Waals surface area (Å²) in [5.74, 6) is 4.75. The first kappa shape index (κ1) is 15.8. The molecule has 1 aliphatic rings. The number of carbonyl (C=O) groups is 2. The zero-order chi connectivity index (χ0) is 15.9. The van der Waals surface area contributed by atoms with Crippen molar-refractivity contribution in [2.24, 2.45) is 10.9 Å². The summed E-state index contributed by atoms with van der Waals surface area (Å²) in [6, 6.07) is 8.53. The smallest absolute Gasteiger partial charge is 0.407 e. The van der Waals surface area contributed by atoms with Crippen LogP contribution in [0.15, 0.2) is 35.4 Å². The van der Waals surface area contributed by atoms with Crippen molar-refractivity contribution in [3.63, 3.8) is 0 Å². The molecule has 3 N–H and O–H groups in total. The van der Waals surface area contributed by atoms with Crippen LogP contribution in [0.3, 0.4) is 0 Å². The molecule has 118 valence electrons. The lowest BCUT2D eigenvalue weighted by atomic mass is 10.0. The molecular formula is C15H19N3O4. The van der Waals surface area contributed by atoms with E-state index in [-0.39, 0.29) is 12.3 Å². The molecular weight excluding hydrogens is 286 g/mol. The number of carboxylic acid groups (broad SMARTS) is 1. The highest BCUT2D eigenvalue weighted by atomic mass is 16.5. The summed E-state index contributed by atoms with van der Waals surface area (Å²) >= 11 is 0. The average Bonchev–Trinajstić information content (AvgIpc) is 2.53. The van der Waals surface area contributed by atoms with E-state index in [0.717, 1.165) is 18.4 Å². The van der Waals surface area contributed by atoms with Gasteiger partial charge < -0.3 is 15.7 Å². The summed E-state index contributed by atoms with van der Waals surface area (Å²) in [6.45, 7) is 0.384. The number of hydrazone groups is 1. The number of hydrogen-bond acceptors (Lipinski definition) is 5. The lowest BCUT2D eigenvalue weighted by Gasteiger charge is -2.32. The molecule has 0 radical (unpaired) electrons. The SMILES string of the molecule is NN=C(OC(=O)Cc1ccccc1)[C@@H]1CCCCN1C(=O)O. The van der Waals surface area contributed by atoms with Crippen LogP contribution < -0.4 is 5.84 Å². The van der Waals surface area contributed by atoms with Gasteiger partial charge in [0.25, 0.3) is 0 Å². The quantitative estimate of drug-likeness (QED) is 0.290. The Morgan fingerprint density at radius 2 is 2.05 bits per heavy atom. The largest absolute Gasteiger partial charge is 0.465 e. The highest BCUT2D eigenvalue weighted by Gasteiger charge is 2.32. The maximum absolute atomic E-state index is 12.0. The van der Waals surface area contributed by atoms with Gasteiger partial charge >= 0.3 is 12.1 Å². The number of amides is 1. The number of esters is 1. The Balaban J connectivity index is 2.02. The van der Waals surface area contributed by atoms with Gasteiger partial charge in [0.2, 0.25) is 5.90 Å². The number of piperidine rings is 1. The van der Waals surface area contributed by atoms with Crippen LogP contribution in [0.25, 0.3) is 0 Å². The fourth-order valence-corrected chi connectivity index (χ4v) is 2.51. The van der Waals surface area contributed by atoms with Crippen LogP contribution in [-0.4, -0.2) is 40.6 Å². The van der Waals surface area contributed by atoms with E-state index in [9.17, 15) is 14.7 Å². The van der Waals surface area contributed by atoms with E-state index in [2.05, 4.69) is 5.10 Å². The number of carbonyl (C=O) groups excluding carboxylic acids is 1. The van der Waals surface area contributed by atoms with Crippen LogP contribution in [0, 0.1) is 0 Å². The van der Waals surface area contributed by atoms with Crippen LogP contribution in [-0.2, 0) is 16.0 Å². The van der Waals surface area contributed by atoms with Gasteiger partial charge in [-0.25, -0.2) is 4.79 Å². The number of hydrogen-bond donors (Lipinski definition) is 2. The molecule has 0 bridgehead atoms. The minimum atomic E-state index is -1.06. The van der Waals surface area contributed by atoms with Crippen LogP contribution >= 0.6 is 0 Å². The Bertz CT molecular complexity index is 559. The van der Waals surface area contributed by atoms with Crippen molar-refractivity contribution < 1.29 is 19.4 Å². The minimum absolute atomic E-state index is 0.0389. The highest BCUT2D eigenvalue weighted by Crippen LogP contribution is 2.19. The number of ether oxygens (including phenoxy) is 1. The Morgan fingerprint density at radius 3 is 2.68 bits per heavy atom. The number of benzene rings is 1. The molecule has 7 heteroatoms. The van der Waals surface area contributed by atoms with Crippen molar-refractivity contribution in [2.75, 3.05) is 6.54 Å². The summed E-state index contributed by atoms with van der Waals surface area (Å²) in [5.41, 5.74) is 0.808. The molecule has 0 spiro atoms. The van der Waals surface area contributed by atoms with Crippen LogP contribution in [0.5, 0.6) is 0 Å². The molecule has 1 atom stereocenters. The third-order valence-electron chi connectivity index (χ3n) is 3.57. The third-order valence-corrected chi connectivity index (χ3v) is 3.57. The summed E-state index contributed by atoms with van der Waals surface area (Å²) in [7, 11) is 0. The van der Waals surface area contributed by atoms with E-state index in [1.807, 2.05) is 30.3 Å². The van der Waals surface area contributed by atoms with Gasteiger partial charge in [0.05, 0.1) is 6.42 Å². The van der Waals surface area contributed by atoms with Gasteiger partial charge in [0.1, 0.15) is 6.04 Å². The van der Waals surface area contributed by atoms with Crippen molar-refractivity contribution in [1.29, 1.82) is 0 Å². The van der Waals surface area contributed by atoms with Crippen molar-refractivity contribution in [2.45, 2.75) is 31.7 Å². The topological polar surface area (TPSA) is 105 Å². The van der Waals surface area contributed by atoms with Gasteiger partial charge in [0.15, 0.2) is 0 Å². The van der Waals surface area contributed by atoms with E-state index in [4.69, 9.17) is 10.6 Å². The second-order valence-electron chi connectivity index (χ2n) is 5.09. The minimum Gasteiger partial charge on any atom is -0.465 e. The molecule has 2 rings (SSSR count). The van der Waals surface area contributed by atoms with Gasteiger partial charge in [-0.3, -0.25) is 9.69 Å². The molecule has 1 aliphatic heterocycles. The number of nitrogens with zero attached hydrogens (tertiary/aromatic N) is 2. The normalized spacial score (nSPS) is 18.8. The molecule has 1 saturated heterocycles. The van der Waals surface area contributed by atoms with Crippen molar-refractivity contribution >= 4 is 18.0 Å². The van der Waals surface area contributed by atoms with Crippen molar-refractivity contribution in [3.05, 3.63) is 35.9 Å². The van der Waals surface area contributed by atoms with Crippen LogP contribution in [0.2, 0.25) is 0 Å². The van der Waals surface area contributed by atoms with Gasteiger partial charge in [-0.2, -0.15) is 0 Å². The van der Waals surface area contributed by atoms with Gasteiger partial charge in [-0.15, -0.1) is 5.10 Å². The molecule has 1 fully saturated rings. The fourth-order valence-electron chi connectivity index (χ4n) is 2.51. The number of likely N-dealkylation sites (tertiary alicyclic amines) is 1. The maximum atomic E-state index is 12.0. The van der Waals surface area contributed by atoms with Gasteiger partial charge in [0, 0.05) is 6.54 Å². The van der Waals surface area contributed by atoms with Gasteiger partial charge in [-0.1, -0.05) is 30.3 Å². The first-order valence-electron chi connectivity index (χ1n) is 7.13. The molecule has 1 aromatic rings. The summed E-state index contributed by atoms with van der Waals surface area (Å²) in [5, 5.41) is 12.7. The van der Waals surface area contributed by atoms with E-state index in [0.29, 0.717) is 13.0 Å². The Hall–Kier alpha value is -2.57. The standard InChI is InChI=1S/C15H19N3O4/c16-17-14(12-8-4-5-9-18(12)15(20)21)22-13(19)10-11-6-2-1-3-7-11/h1-3,6-7,12H,4-5,8-10,16H2,(H,20,21)/t12-/m0/s1. The fraction of sp³-hybridized carbons (Fsp3) is 0.400. The second-order valence-corrected chi connectivity index (χ2v) is 5.09. The predicted molar refractivity (Wildman–Crippen MR) is 80.2 cm³/mol. The molecule has 7 nitrogen and oxygen atoms in total. The first-order chi connectivity index (χ1) is 10.6. The summed E-state index contributed by atoms with van der Waals surface area (Å²) < 4.78 is 5.20. The molecule has 0 aromatic heterocycles. The summed E-state index contributed by atoms with van der Waals surface area (Å²) in [6.07, 6.45) is 1.17. The van der Waals surface area contributed by atoms with E-state index < -0.39 is 18.1 Å². The van der Waals surface area contributed by atoms with Crippen LogP contribution in [0.4, 0.5) is 4.79 Å². The Labute approximate surface area is 128 Å². The molecule has 0 unspecified atom stereocenters. The van der Waals surface area contributed by atoms with E-state index in [1.165, 1.54) is 4.90 Å². The number of nitrogens with two attached hydrogens (primary N) is 1. The van der Waals surface area contributed by atoms with Crippen molar-refractivity contribution in [1.82, 2.24) is 4.90 Å². The molecule has 1 aromatic carbocycles. The van der Waals surface area contributed by atoms with Gasteiger partial charge in [-0.05, 0) is 24.8 Å². The zero-order valence-corrected chi connectivity index (χ0v) is 12.1. The lowest BCUT2D eigenvalue weighted by molar-refractivity contribution is -0.135. The van der Waals surface area contributed by atoms with Crippen LogP contribution in [0.1, 0.15) is 24.8 Å². The monoisotopic (exact) mass is 305 g/mol. The highest BCUT2D eigenvalue weighted by molar-refractivity contribution is 5.94. The Kier molecular flexibility index (Phi) is 5.35. The second kappa shape index (κ2) is 7.44. The maximum Gasteiger partial charge on any atom is 0.407 e. The average molecular weight is 305 g/mol. The van der Waals surface area contributed by atoms with E-state index in [1.54, 1.807) is 0 Å². The van der Waals surface area contributed by atoms with Crippen molar-refractivity contribution in [3.8, 4) is 0 Å². The number of rotatable bonds is 3. The molecule has 1 heterocycles. The molecule has 0 aliphatic carbocycles. The molecule has 22 heavy (non-hydrogen) atoms.